The number of nitrogens with two attached hydrogens (primary N) is 1. The van der Waals surface area contributed by atoms with Gasteiger partial charge < -0.3 is 16.0 Å². The van der Waals surface area contributed by atoms with E-state index in [9.17, 15) is 4.79 Å². The Morgan fingerprint density at radius 2 is 2.29 bits per heavy atom. The van der Waals surface area contributed by atoms with Gasteiger partial charge in [-0.2, -0.15) is 0 Å². The molecule has 1 amide bonds. The van der Waals surface area contributed by atoms with Crippen molar-refractivity contribution in [3.8, 4) is 0 Å². The summed E-state index contributed by atoms with van der Waals surface area (Å²) in [4.78, 5) is 22.1. The van der Waals surface area contributed by atoms with E-state index in [1.807, 2.05) is 6.92 Å². The molecular weight excluding hydrogens is 218 g/mol. The average Bonchev–Trinajstić information content (AvgIpc) is 2.73. The van der Waals surface area contributed by atoms with E-state index in [1.54, 1.807) is 13.2 Å². The summed E-state index contributed by atoms with van der Waals surface area (Å²) in [5.74, 6) is 1.25. The quantitative estimate of drug-likeness (QED) is 0.755. The van der Waals surface area contributed by atoms with Gasteiger partial charge in [-0.1, -0.05) is 0 Å². The van der Waals surface area contributed by atoms with E-state index in [-0.39, 0.29) is 11.3 Å². The fourth-order valence-electron chi connectivity index (χ4n) is 2.14. The third-order valence-corrected chi connectivity index (χ3v) is 3.23. The van der Waals surface area contributed by atoms with Crippen molar-refractivity contribution in [3.63, 3.8) is 0 Å². The van der Waals surface area contributed by atoms with Gasteiger partial charge in [0.05, 0.1) is 17.8 Å². The lowest BCUT2D eigenvalue weighted by Crippen LogP contribution is -2.39. The molecule has 3 N–H and O–H groups in total. The van der Waals surface area contributed by atoms with Crippen molar-refractivity contribution in [1.82, 2.24) is 15.3 Å². The number of nitrogens with one attached hydrogen (secondary N) is 1. The molecule has 0 spiro atoms. The highest BCUT2D eigenvalue weighted by molar-refractivity contribution is 5.83. The molecule has 1 fully saturated rings. The number of carbonyl (C=O) groups excluding carboxylic acids is 1. The Morgan fingerprint density at radius 3 is 2.88 bits per heavy atom. The lowest BCUT2D eigenvalue weighted by molar-refractivity contribution is -0.128. The summed E-state index contributed by atoms with van der Waals surface area (Å²) in [6, 6.07) is 0. The maximum Gasteiger partial charge on any atom is 0.227 e. The first-order valence-corrected chi connectivity index (χ1v) is 5.60. The predicted molar refractivity (Wildman–Crippen MR) is 65.4 cm³/mol. The first kappa shape index (κ1) is 11.6. The molecule has 2 heterocycles. The highest BCUT2D eigenvalue weighted by Crippen LogP contribution is 2.32. The van der Waals surface area contributed by atoms with Gasteiger partial charge in [-0.15, -0.1) is 0 Å². The summed E-state index contributed by atoms with van der Waals surface area (Å²) in [5.41, 5.74) is 5.14. The standard InChI is InChI=1S/C11H17N5O/c1-11(10(17)13-2)3-4-16(7-11)9-6-14-8(12)5-15-9/h5-6H,3-4,7H2,1-2H3,(H2,12,14)(H,13,17). The number of anilines is 2. The molecule has 17 heavy (non-hydrogen) atoms. The van der Waals surface area contributed by atoms with Crippen molar-refractivity contribution in [1.29, 1.82) is 0 Å². The first-order chi connectivity index (χ1) is 8.05. The van der Waals surface area contributed by atoms with Crippen LogP contribution in [0.5, 0.6) is 0 Å². The molecule has 1 aromatic heterocycles. The van der Waals surface area contributed by atoms with Crippen LogP contribution in [0.3, 0.4) is 0 Å². The Hall–Kier alpha value is -1.85. The van der Waals surface area contributed by atoms with E-state index >= 15 is 0 Å². The van der Waals surface area contributed by atoms with Crippen molar-refractivity contribution >= 4 is 17.5 Å². The molecule has 2 rings (SSSR count). The van der Waals surface area contributed by atoms with E-state index in [2.05, 4.69) is 20.2 Å². The fraction of sp³-hybridized carbons (Fsp3) is 0.545. The molecule has 1 unspecified atom stereocenters. The number of nitrogen functional groups attached to an aromatic ring is 1. The van der Waals surface area contributed by atoms with Gasteiger partial charge in [-0.3, -0.25) is 4.79 Å². The van der Waals surface area contributed by atoms with Gasteiger partial charge >= 0.3 is 0 Å². The van der Waals surface area contributed by atoms with Gasteiger partial charge in [0.2, 0.25) is 5.91 Å². The monoisotopic (exact) mass is 235 g/mol. The molecule has 1 aromatic rings. The second-order valence-corrected chi connectivity index (χ2v) is 4.61. The highest BCUT2D eigenvalue weighted by atomic mass is 16.2. The van der Waals surface area contributed by atoms with Crippen LogP contribution in [0.2, 0.25) is 0 Å². The second kappa shape index (κ2) is 4.20. The lowest BCUT2D eigenvalue weighted by Gasteiger charge is -2.23. The van der Waals surface area contributed by atoms with Crippen LogP contribution < -0.4 is 16.0 Å². The minimum atomic E-state index is -0.349. The number of aromatic nitrogens is 2. The molecule has 1 atom stereocenters. The smallest absolute Gasteiger partial charge is 0.227 e. The van der Waals surface area contributed by atoms with Gasteiger partial charge in [0.25, 0.3) is 0 Å². The molecule has 1 saturated heterocycles. The number of rotatable bonds is 2. The average molecular weight is 235 g/mol. The van der Waals surface area contributed by atoms with E-state index in [4.69, 9.17) is 5.73 Å². The Morgan fingerprint density at radius 1 is 1.53 bits per heavy atom. The number of carbonyl (C=O) groups is 1. The summed E-state index contributed by atoms with van der Waals surface area (Å²) in [6.45, 7) is 3.43. The molecule has 0 aliphatic carbocycles. The summed E-state index contributed by atoms with van der Waals surface area (Å²) >= 11 is 0. The van der Waals surface area contributed by atoms with Crippen LogP contribution in [-0.2, 0) is 4.79 Å². The zero-order chi connectivity index (χ0) is 12.5. The van der Waals surface area contributed by atoms with Crippen LogP contribution >= 0.6 is 0 Å². The largest absolute Gasteiger partial charge is 0.382 e. The second-order valence-electron chi connectivity index (χ2n) is 4.61. The fourth-order valence-corrected chi connectivity index (χ4v) is 2.14. The normalized spacial score (nSPS) is 23.8. The third kappa shape index (κ3) is 2.15. The van der Waals surface area contributed by atoms with Gasteiger partial charge in [0.1, 0.15) is 11.6 Å². The van der Waals surface area contributed by atoms with E-state index < -0.39 is 0 Å². The molecular formula is C11H17N5O. The van der Waals surface area contributed by atoms with Gasteiger partial charge in [-0.25, -0.2) is 9.97 Å². The lowest BCUT2D eigenvalue weighted by atomic mass is 9.89. The third-order valence-electron chi connectivity index (χ3n) is 3.23. The van der Waals surface area contributed by atoms with Crippen LogP contribution in [0.4, 0.5) is 11.6 Å². The number of hydrogen-bond donors (Lipinski definition) is 2. The van der Waals surface area contributed by atoms with Gasteiger partial charge in [0.15, 0.2) is 0 Å². The molecule has 6 nitrogen and oxygen atoms in total. The maximum atomic E-state index is 11.8. The Labute approximate surface area is 100 Å². The molecule has 0 bridgehead atoms. The minimum absolute atomic E-state index is 0.0726. The Kier molecular flexibility index (Phi) is 2.87. The van der Waals surface area contributed by atoms with Crippen LogP contribution in [0.15, 0.2) is 12.4 Å². The topological polar surface area (TPSA) is 84.1 Å². The van der Waals surface area contributed by atoms with Crippen molar-refractivity contribution in [2.24, 2.45) is 5.41 Å². The summed E-state index contributed by atoms with van der Waals surface area (Å²) < 4.78 is 0. The molecule has 0 radical (unpaired) electrons. The zero-order valence-electron chi connectivity index (χ0n) is 10.1. The van der Waals surface area contributed by atoms with Crippen LogP contribution in [-0.4, -0.2) is 36.0 Å². The minimum Gasteiger partial charge on any atom is -0.382 e. The molecule has 1 aliphatic rings. The maximum absolute atomic E-state index is 11.8. The Bertz CT molecular complexity index is 418. The van der Waals surface area contributed by atoms with E-state index in [0.717, 1.165) is 18.8 Å². The number of amides is 1. The van der Waals surface area contributed by atoms with Gasteiger partial charge in [0, 0.05) is 20.1 Å². The molecule has 1 aliphatic heterocycles. The highest BCUT2D eigenvalue weighted by Gasteiger charge is 2.40. The summed E-state index contributed by atoms with van der Waals surface area (Å²) in [6.07, 6.45) is 3.99. The van der Waals surface area contributed by atoms with Crippen molar-refractivity contribution in [3.05, 3.63) is 12.4 Å². The van der Waals surface area contributed by atoms with Crippen molar-refractivity contribution < 1.29 is 4.79 Å². The van der Waals surface area contributed by atoms with Crippen LogP contribution in [0.25, 0.3) is 0 Å². The summed E-state index contributed by atoms with van der Waals surface area (Å²) in [5, 5.41) is 2.71. The summed E-state index contributed by atoms with van der Waals surface area (Å²) in [7, 11) is 1.67. The molecule has 6 heteroatoms. The predicted octanol–water partition coefficient (Wildman–Crippen LogP) is 0.0212. The van der Waals surface area contributed by atoms with E-state index in [0.29, 0.717) is 12.4 Å². The van der Waals surface area contributed by atoms with E-state index in [1.165, 1.54) is 6.20 Å². The van der Waals surface area contributed by atoms with Crippen molar-refractivity contribution in [2.45, 2.75) is 13.3 Å². The Balaban J connectivity index is 2.12. The number of nitrogens with zero attached hydrogens (tertiary/aromatic N) is 3. The zero-order valence-corrected chi connectivity index (χ0v) is 10.1. The van der Waals surface area contributed by atoms with Crippen molar-refractivity contribution in [2.75, 3.05) is 30.8 Å². The van der Waals surface area contributed by atoms with Crippen LogP contribution in [0, 0.1) is 5.41 Å². The van der Waals surface area contributed by atoms with Crippen LogP contribution in [0.1, 0.15) is 13.3 Å². The SMILES string of the molecule is CNC(=O)C1(C)CCN(c2cnc(N)cn2)C1. The van der Waals surface area contributed by atoms with Gasteiger partial charge in [-0.05, 0) is 13.3 Å². The molecule has 0 aromatic carbocycles. The molecule has 92 valence electrons. The first-order valence-electron chi connectivity index (χ1n) is 5.60. The number of hydrogen-bond acceptors (Lipinski definition) is 5. The molecule has 0 saturated carbocycles.